The van der Waals surface area contributed by atoms with Gasteiger partial charge in [-0.1, -0.05) is 41.4 Å². The second-order valence-corrected chi connectivity index (χ2v) is 9.23. The van der Waals surface area contributed by atoms with E-state index in [1.54, 1.807) is 30.3 Å². The van der Waals surface area contributed by atoms with Crippen LogP contribution in [0.5, 0.6) is 0 Å². The summed E-state index contributed by atoms with van der Waals surface area (Å²) < 4.78 is 31.5. The predicted octanol–water partition coefficient (Wildman–Crippen LogP) is 5.11. The van der Waals surface area contributed by atoms with E-state index in [1.165, 1.54) is 24.3 Å². The third-order valence-electron chi connectivity index (χ3n) is 4.38. The number of primary sulfonamides is 1. The summed E-state index contributed by atoms with van der Waals surface area (Å²) in [5, 5.41) is 8.93. The maximum Gasteiger partial charge on any atom is 0.342 e. The van der Waals surface area contributed by atoms with Gasteiger partial charge < -0.3 is 20.5 Å². The lowest BCUT2D eigenvalue weighted by Gasteiger charge is -2.15. The monoisotopic (exact) mass is 525 g/mol. The number of hydrogen-bond acceptors (Lipinski definition) is 7. The molecule has 3 rings (SSSR count). The third-order valence-corrected chi connectivity index (χ3v) is 6.11. The third kappa shape index (κ3) is 7.89. The molecule has 0 saturated carbocycles. The summed E-state index contributed by atoms with van der Waals surface area (Å²) in [5.41, 5.74) is 8.22. The average molecular weight is 526 g/mol. The molecule has 0 spiro atoms. The predicted molar refractivity (Wildman–Crippen MR) is 135 cm³/mol. The number of carbonyl (C=O) groups is 1. The van der Waals surface area contributed by atoms with Gasteiger partial charge in [-0.15, -0.1) is 0 Å². The van der Waals surface area contributed by atoms with Gasteiger partial charge in [-0.2, -0.15) is 0 Å². The number of sulfonamides is 1. The van der Waals surface area contributed by atoms with Crippen LogP contribution in [0.1, 0.15) is 22.8 Å². The first-order chi connectivity index (χ1) is 16.0. The molecule has 0 saturated heterocycles. The normalized spacial score (nSPS) is 10.7. The lowest BCUT2D eigenvalue weighted by Crippen LogP contribution is -2.11. The van der Waals surface area contributed by atoms with Crippen molar-refractivity contribution >= 4 is 56.3 Å². The van der Waals surface area contributed by atoms with Crippen molar-refractivity contribution in [1.82, 2.24) is 0 Å². The number of para-hydroxylation sites is 1. The van der Waals surface area contributed by atoms with E-state index in [2.05, 4.69) is 5.32 Å². The SMILES string of the molecule is CCOCOC(=O)c1ccccc1Nc1c(Cl)ccc(C)c1Cl.Nc1ccc(S(N)(=O)=O)cc1. The molecule has 0 heterocycles. The molecule has 0 unspecified atom stereocenters. The number of carbonyl (C=O) groups excluding carboxylic acids is 1. The Hall–Kier alpha value is -2.82. The summed E-state index contributed by atoms with van der Waals surface area (Å²) in [6.45, 7) is 4.09. The van der Waals surface area contributed by atoms with E-state index in [0.717, 1.165) is 5.56 Å². The summed E-state index contributed by atoms with van der Waals surface area (Å²) in [5.74, 6) is -0.485. The van der Waals surface area contributed by atoms with Crippen LogP contribution in [0.15, 0.2) is 65.6 Å². The van der Waals surface area contributed by atoms with E-state index < -0.39 is 16.0 Å². The average Bonchev–Trinajstić information content (AvgIpc) is 2.80. The maximum absolute atomic E-state index is 12.2. The molecule has 8 nitrogen and oxygen atoms in total. The molecule has 11 heteroatoms. The quantitative estimate of drug-likeness (QED) is 0.169. The molecule has 0 radical (unpaired) electrons. The highest BCUT2D eigenvalue weighted by Gasteiger charge is 2.15. The number of nitrogens with one attached hydrogen (secondary N) is 1. The standard InChI is InChI=1S/C17H17Cl2NO3.C6H8N2O2S/c1-3-22-10-23-17(21)12-6-4-5-7-14(12)20-16-13(18)9-8-11(2)15(16)19;7-5-1-3-6(4-2-5)11(8,9)10/h4-9,20H,3,10H2,1-2H3;1-4H,7H2,(H2,8,9,10). The number of anilines is 3. The topological polar surface area (TPSA) is 134 Å². The van der Waals surface area contributed by atoms with Crippen molar-refractivity contribution in [1.29, 1.82) is 0 Å². The maximum atomic E-state index is 12.2. The number of esters is 1. The Morgan fingerprint density at radius 2 is 1.68 bits per heavy atom. The Labute approximate surface area is 208 Å². The summed E-state index contributed by atoms with van der Waals surface area (Å²) in [7, 11) is -3.58. The lowest BCUT2D eigenvalue weighted by atomic mass is 10.1. The van der Waals surface area contributed by atoms with Crippen LogP contribution in [0.3, 0.4) is 0 Å². The van der Waals surface area contributed by atoms with E-state index in [4.69, 9.17) is 43.5 Å². The molecule has 0 aromatic heterocycles. The smallest absolute Gasteiger partial charge is 0.342 e. The Morgan fingerprint density at radius 3 is 2.29 bits per heavy atom. The van der Waals surface area contributed by atoms with Gasteiger partial charge in [0, 0.05) is 12.3 Å². The van der Waals surface area contributed by atoms with E-state index in [9.17, 15) is 13.2 Å². The minimum atomic E-state index is -3.58. The highest BCUT2D eigenvalue weighted by molar-refractivity contribution is 7.89. The van der Waals surface area contributed by atoms with Crippen molar-refractivity contribution in [3.8, 4) is 0 Å². The van der Waals surface area contributed by atoms with Crippen molar-refractivity contribution in [2.24, 2.45) is 5.14 Å². The van der Waals surface area contributed by atoms with Gasteiger partial charge in [0.05, 0.1) is 31.9 Å². The van der Waals surface area contributed by atoms with Crippen molar-refractivity contribution in [2.45, 2.75) is 18.7 Å². The number of nitrogens with two attached hydrogens (primary N) is 2. The van der Waals surface area contributed by atoms with Crippen LogP contribution in [0, 0.1) is 6.92 Å². The summed E-state index contributed by atoms with van der Waals surface area (Å²) in [4.78, 5) is 12.2. The van der Waals surface area contributed by atoms with E-state index in [-0.39, 0.29) is 11.7 Å². The van der Waals surface area contributed by atoms with Gasteiger partial charge in [-0.05, 0) is 61.9 Å². The van der Waals surface area contributed by atoms with Crippen LogP contribution >= 0.6 is 23.2 Å². The molecule has 0 atom stereocenters. The minimum absolute atomic E-state index is 0.0756. The zero-order chi connectivity index (χ0) is 25.3. The second kappa shape index (κ2) is 12.6. The molecule has 0 aliphatic carbocycles. The minimum Gasteiger partial charge on any atom is -0.435 e. The molecule has 0 bridgehead atoms. The fourth-order valence-corrected chi connectivity index (χ4v) is 3.57. The molecule has 0 amide bonds. The zero-order valence-electron chi connectivity index (χ0n) is 18.5. The highest BCUT2D eigenvalue weighted by atomic mass is 35.5. The van der Waals surface area contributed by atoms with E-state index >= 15 is 0 Å². The number of rotatable bonds is 7. The number of ether oxygens (including phenoxy) is 2. The molecule has 0 aliphatic heterocycles. The first kappa shape index (κ1) is 27.4. The molecule has 3 aromatic rings. The lowest BCUT2D eigenvalue weighted by molar-refractivity contribution is -0.0273. The molecule has 0 fully saturated rings. The fraction of sp³-hybridized carbons (Fsp3) is 0.174. The van der Waals surface area contributed by atoms with Crippen molar-refractivity contribution in [2.75, 3.05) is 24.5 Å². The van der Waals surface area contributed by atoms with Crippen LogP contribution < -0.4 is 16.2 Å². The molecule has 34 heavy (non-hydrogen) atoms. The van der Waals surface area contributed by atoms with E-state index in [1.807, 2.05) is 19.9 Å². The van der Waals surface area contributed by atoms with Crippen LogP contribution in [0.25, 0.3) is 0 Å². The number of aryl methyl sites for hydroxylation is 1. The van der Waals surface area contributed by atoms with Crippen LogP contribution in [0.2, 0.25) is 10.0 Å². The highest BCUT2D eigenvalue weighted by Crippen LogP contribution is 2.36. The molecular weight excluding hydrogens is 501 g/mol. The first-order valence-electron chi connectivity index (χ1n) is 9.98. The van der Waals surface area contributed by atoms with E-state index in [0.29, 0.717) is 39.3 Å². The van der Waals surface area contributed by atoms with Gasteiger partial charge in [0.15, 0.2) is 6.79 Å². The number of benzene rings is 3. The Bertz CT molecular complexity index is 1240. The summed E-state index contributed by atoms with van der Waals surface area (Å²) >= 11 is 12.5. The number of hydrogen-bond donors (Lipinski definition) is 3. The van der Waals surface area contributed by atoms with Gasteiger partial charge >= 0.3 is 5.97 Å². The zero-order valence-corrected chi connectivity index (χ0v) is 20.9. The van der Waals surface area contributed by atoms with Gasteiger partial charge in [-0.3, -0.25) is 0 Å². The Balaban J connectivity index is 0.000000310. The molecule has 0 aliphatic rings. The molecule has 5 N–H and O–H groups in total. The van der Waals surface area contributed by atoms with Crippen LogP contribution in [-0.2, 0) is 19.5 Å². The molecule has 182 valence electrons. The largest absolute Gasteiger partial charge is 0.435 e. The van der Waals surface area contributed by atoms with Crippen molar-refractivity contribution in [3.63, 3.8) is 0 Å². The van der Waals surface area contributed by atoms with Crippen LogP contribution in [0.4, 0.5) is 17.1 Å². The van der Waals surface area contributed by atoms with Gasteiger partial charge in [-0.25, -0.2) is 18.4 Å². The second-order valence-electron chi connectivity index (χ2n) is 6.88. The number of halogens is 2. The summed E-state index contributed by atoms with van der Waals surface area (Å²) in [6, 6.07) is 16.3. The molecular formula is C23H25Cl2N3O5S. The van der Waals surface area contributed by atoms with Crippen molar-refractivity contribution in [3.05, 3.63) is 81.8 Å². The number of nitrogen functional groups attached to an aromatic ring is 1. The van der Waals surface area contributed by atoms with Gasteiger partial charge in [0.2, 0.25) is 10.0 Å². The van der Waals surface area contributed by atoms with Gasteiger partial charge in [0.25, 0.3) is 0 Å². The van der Waals surface area contributed by atoms with Crippen LogP contribution in [-0.4, -0.2) is 27.8 Å². The van der Waals surface area contributed by atoms with Crippen molar-refractivity contribution < 1.29 is 22.7 Å². The molecule has 3 aromatic carbocycles. The first-order valence-corrected chi connectivity index (χ1v) is 12.3. The summed E-state index contributed by atoms with van der Waals surface area (Å²) in [6.07, 6.45) is 0. The fourth-order valence-electron chi connectivity index (χ4n) is 2.59. The Morgan fingerprint density at radius 1 is 1.03 bits per heavy atom. The Kier molecular flexibility index (Phi) is 10.2. The van der Waals surface area contributed by atoms with Gasteiger partial charge in [0.1, 0.15) is 0 Å².